The van der Waals surface area contributed by atoms with Gasteiger partial charge in [0.1, 0.15) is 5.75 Å². The van der Waals surface area contributed by atoms with E-state index in [1.165, 1.54) is 17.3 Å². The molecular weight excluding hydrogens is 466 g/mol. The van der Waals surface area contributed by atoms with Crippen LogP contribution in [-0.2, 0) is 17.6 Å². The van der Waals surface area contributed by atoms with Crippen LogP contribution in [0.3, 0.4) is 0 Å². The zero-order valence-corrected chi connectivity index (χ0v) is 19.6. The van der Waals surface area contributed by atoms with Gasteiger partial charge in [-0.3, -0.25) is 4.79 Å². The number of hydrogen-bond donors (Lipinski definition) is 1. The Labute approximate surface area is 188 Å². The summed E-state index contributed by atoms with van der Waals surface area (Å²) < 4.78 is 11.8. The molecule has 0 saturated carbocycles. The number of aryl methyl sites for hydroxylation is 4. The summed E-state index contributed by atoms with van der Waals surface area (Å²) in [4.78, 5) is 12.3. The molecule has 1 aromatic heterocycles. The number of aromatic nitrogens is 2. The molecular formula is C22H24BrN3O3S. The maximum absolute atomic E-state index is 12.3. The Bertz CT molecular complexity index is 982. The largest absolute Gasteiger partial charge is 0.497 e. The molecule has 0 unspecified atom stereocenters. The van der Waals surface area contributed by atoms with Crippen molar-refractivity contribution in [3.05, 3.63) is 63.5 Å². The van der Waals surface area contributed by atoms with E-state index in [2.05, 4.69) is 43.6 Å². The van der Waals surface area contributed by atoms with Gasteiger partial charge in [0.25, 0.3) is 5.22 Å². The first-order valence-electron chi connectivity index (χ1n) is 9.59. The van der Waals surface area contributed by atoms with Crippen molar-refractivity contribution in [2.24, 2.45) is 0 Å². The number of nitrogens with zero attached hydrogens (tertiary/aromatic N) is 2. The molecule has 0 aliphatic carbocycles. The quantitative estimate of drug-likeness (QED) is 0.407. The normalized spacial score (nSPS) is 10.8. The predicted molar refractivity (Wildman–Crippen MR) is 122 cm³/mol. The number of amides is 1. The Hall–Kier alpha value is -2.32. The van der Waals surface area contributed by atoms with Gasteiger partial charge in [-0.05, 0) is 67.6 Å². The third kappa shape index (κ3) is 6.34. The molecule has 3 rings (SSSR count). The second-order valence-corrected chi connectivity index (χ2v) is 8.76. The van der Waals surface area contributed by atoms with Crippen molar-refractivity contribution in [3.8, 4) is 5.75 Å². The lowest BCUT2D eigenvalue weighted by Gasteiger charge is -2.11. The van der Waals surface area contributed by atoms with Gasteiger partial charge in [-0.15, -0.1) is 10.2 Å². The lowest BCUT2D eigenvalue weighted by molar-refractivity contribution is -0.113. The Morgan fingerprint density at radius 2 is 1.83 bits per heavy atom. The smallest absolute Gasteiger partial charge is 0.277 e. The first kappa shape index (κ1) is 22.4. The van der Waals surface area contributed by atoms with Crippen LogP contribution in [0, 0.1) is 13.8 Å². The summed E-state index contributed by atoms with van der Waals surface area (Å²) in [5.74, 6) is 1.55. The SMILES string of the molecule is COc1ccc(CCCc2nnc(SCC(=O)Nc3c(C)cc(Br)cc3C)o2)cc1. The van der Waals surface area contributed by atoms with Crippen molar-refractivity contribution < 1.29 is 13.9 Å². The maximum atomic E-state index is 12.3. The predicted octanol–water partition coefficient (Wildman–Crippen LogP) is 5.36. The van der Waals surface area contributed by atoms with E-state index in [0.717, 1.165) is 39.9 Å². The number of benzene rings is 2. The van der Waals surface area contributed by atoms with Gasteiger partial charge in [-0.25, -0.2) is 0 Å². The molecule has 1 amide bonds. The highest BCUT2D eigenvalue weighted by Gasteiger charge is 2.12. The fourth-order valence-electron chi connectivity index (χ4n) is 3.04. The van der Waals surface area contributed by atoms with Gasteiger partial charge in [0, 0.05) is 16.6 Å². The molecule has 2 aromatic carbocycles. The van der Waals surface area contributed by atoms with Crippen molar-refractivity contribution in [2.75, 3.05) is 18.2 Å². The highest BCUT2D eigenvalue weighted by atomic mass is 79.9. The van der Waals surface area contributed by atoms with E-state index < -0.39 is 0 Å². The van der Waals surface area contributed by atoms with E-state index in [1.807, 2.05) is 38.1 Å². The second kappa shape index (κ2) is 10.6. The fraction of sp³-hybridized carbons (Fsp3) is 0.318. The monoisotopic (exact) mass is 489 g/mol. The number of thioether (sulfide) groups is 1. The maximum Gasteiger partial charge on any atom is 0.277 e. The molecule has 0 aliphatic rings. The van der Waals surface area contributed by atoms with Gasteiger partial charge in [-0.2, -0.15) is 0 Å². The number of hydrogen-bond acceptors (Lipinski definition) is 6. The molecule has 0 fully saturated rings. The first-order chi connectivity index (χ1) is 14.4. The molecule has 1 N–H and O–H groups in total. The van der Waals surface area contributed by atoms with E-state index in [0.29, 0.717) is 17.5 Å². The third-order valence-corrected chi connectivity index (χ3v) is 5.83. The fourth-order valence-corrected chi connectivity index (χ4v) is 4.31. The summed E-state index contributed by atoms with van der Waals surface area (Å²) >= 11 is 4.71. The van der Waals surface area contributed by atoms with Crippen molar-refractivity contribution >= 4 is 39.3 Å². The van der Waals surface area contributed by atoms with Crippen LogP contribution in [0.15, 0.2) is 50.5 Å². The number of rotatable bonds is 9. The summed E-state index contributed by atoms with van der Waals surface area (Å²) in [5.41, 5.74) is 4.10. The molecule has 8 heteroatoms. The number of carbonyl (C=O) groups excluding carboxylic acids is 1. The molecule has 0 aliphatic heterocycles. The van der Waals surface area contributed by atoms with Crippen molar-refractivity contribution in [1.82, 2.24) is 10.2 Å². The zero-order chi connectivity index (χ0) is 21.5. The van der Waals surface area contributed by atoms with Crippen molar-refractivity contribution in [3.63, 3.8) is 0 Å². The van der Waals surface area contributed by atoms with Crippen LogP contribution < -0.4 is 10.1 Å². The Morgan fingerprint density at radius 1 is 1.13 bits per heavy atom. The van der Waals surface area contributed by atoms with Gasteiger partial charge >= 0.3 is 0 Å². The van der Waals surface area contributed by atoms with Crippen LogP contribution in [0.25, 0.3) is 0 Å². The standard InChI is InChI=1S/C22H24BrN3O3S/c1-14-11-17(23)12-15(2)21(14)24-19(27)13-30-22-26-25-20(29-22)6-4-5-16-7-9-18(28-3)10-8-16/h7-12H,4-6,13H2,1-3H3,(H,24,27). The highest BCUT2D eigenvalue weighted by molar-refractivity contribution is 9.10. The summed E-state index contributed by atoms with van der Waals surface area (Å²) in [6.07, 6.45) is 2.52. The first-order valence-corrected chi connectivity index (χ1v) is 11.4. The average Bonchev–Trinajstić information content (AvgIpc) is 3.17. The minimum Gasteiger partial charge on any atom is -0.497 e. The van der Waals surface area contributed by atoms with E-state index >= 15 is 0 Å². The minimum atomic E-state index is -0.104. The van der Waals surface area contributed by atoms with Crippen LogP contribution in [0.5, 0.6) is 5.75 Å². The third-order valence-electron chi connectivity index (χ3n) is 4.55. The van der Waals surface area contributed by atoms with Gasteiger partial charge in [0.15, 0.2) is 0 Å². The lowest BCUT2D eigenvalue weighted by atomic mass is 10.1. The molecule has 0 atom stereocenters. The number of halogens is 1. The van der Waals surface area contributed by atoms with Gasteiger partial charge < -0.3 is 14.5 Å². The number of nitrogens with one attached hydrogen (secondary N) is 1. The molecule has 0 spiro atoms. The summed E-state index contributed by atoms with van der Waals surface area (Å²) in [7, 11) is 1.66. The van der Waals surface area contributed by atoms with Gasteiger partial charge in [-0.1, -0.05) is 39.8 Å². The molecule has 1 heterocycles. The Kier molecular flexibility index (Phi) is 7.93. The molecule has 0 saturated heterocycles. The summed E-state index contributed by atoms with van der Waals surface area (Å²) in [6, 6.07) is 12.0. The highest BCUT2D eigenvalue weighted by Crippen LogP contribution is 2.26. The lowest BCUT2D eigenvalue weighted by Crippen LogP contribution is -2.15. The molecule has 0 radical (unpaired) electrons. The molecule has 158 valence electrons. The van der Waals surface area contributed by atoms with E-state index in [1.54, 1.807) is 7.11 Å². The van der Waals surface area contributed by atoms with Crippen LogP contribution >= 0.6 is 27.7 Å². The van der Waals surface area contributed by atoms with Crippen LogP contribution in [0.2, 0.25) is 0 Å². The second-order valence-electron chi connectivity index (χ2n) is 6.91. The minimum absolute atomic E-state index is 0.104. The molecule has 30 heavy (non-hydrogen) atoms. The van der Waals surface area contributed by atoms with Crippen molar-refractivity contribution in [1.29, 1.82) is 0 Å². The van der Waals surface area contributed by atoms with E-state index in [4.69, 9.17) is 9.15 Å². The van der Waals surface area contributed by atoms with E-state index in [9.17, 15) is 4.79 Å². The summed E-state index contributed by atoms with van der Waals surface area (Å²) in [5, 5.41) is 11.5. The molecule has 6 nitrogen and oxygen atoms in total. The topological polar surface area (TPSA) is 77.2 Å². The number of anilines is 1. The van der Waals surface area contributed by atoms with Crippen LogP contribution in [0.4, 0.5) is 5.69 Å². The zero-order valence-electron chi connectivity index (χ0n) is 17.2. The van der Waals surface area contributed by atoms with Crippen molar-refractivity contribution in [2.45, 2.75) is 38.3 Å². The Morgan fingerprint density at radius 3 is 2.50 bits per heavy atom. The average molecular weight is 490 g/mol. The molecule has 3 aromatic rings. The van der Waals surface area contributed by atoms with Crippen LogP contribution in [-0.4, -0.2) is 29.0 Å². The number of carbonyl (C=O) groups is 1. The Balaban J connectivity index is 1.44. The number of methoxy groups -OCH3 is 1. The number of ether oxygens (including phenoxy) is 1. The van der Waals surface area contributed by atoms with E-state index in [-0.39, 0.29) is 11.7 Å². The van der Waals surface area contributed by atoms with Crippen LogP contribution in [0.1, 0.15) is 29.0 Å². The molecule has 0 bridgehead atoms. The summed E-state index contributed by atoms with van der Waals surface area (Å²) in [6.45, 7) is 3.94. The van der Waals surface area contributed by atoms with Gasteiger partial charge in [0.2, 0.25) is 11.8 Å². The van der Waals surface area contributed by atoms with Gasteiger partial charge in [0.05, 0.1) is 12.9 Å².